The number of carbonyl (C=O) groups excluding carboxylic acids is 1. The number of halogens is 2. The number of aromatic amines is 1. The Bertz CT molecular complexity index is 880. The van der Waals surface area contributed by atoms with E-state index in [1.54, 1.807) is 24.4 Å². The summed E-state index contributed by atoms with van der Waals surface area (Å²) in [6.45, 7) is 0. The molecular weight excluding hydrogens is 349 g/mol. The number of anilines is 1. The molecule has 2 aliphatic carbocycles. The van der Waals surface area contributed by atoms with Crippen molar-refractivity contribution in [1.29, 1.82) is 0 Å². The van der Waals surface area contributed by atoms with Gasteiger partial charge in [0.05, 0.1) is 15.7 Å². The van der Waals surface area contributed by atoms with E-state index in [4.69, 9.17) is 23.2 Å². The molecule has 124 valence electrons. The van der Waals surface area contributed by atoms with Gasteiger partial charge in [0, 0.05) is 17.8 Å². The molecule has 1 amide bonds. The van der Waals surface area contributed by atoms with E-state index >= 15 is 0 Å². The molecule has 0 radical (unpaired) electrons. The van der Waals surface area contributed by atoms with E-state index in [9.17, 15) is 9.59 Å². The Morgan fingerprint density at radius 1 is 1.25 bits per heavy atom. The van der Waals surface area contributed by atoms with Crippen molar-refractivity contribution in [3.63, 3.8) is 0 Å². The fraction of sp³-hybridized carbons (Fsp3) is 0.353. The largest absolute Gasteiger partial charge is 0.345 e. The van der Waals surface area contributed by atoms with E-state index in [-0.39, 0.29) is 29.4 Å². The third-order valence-corrected chi connectivity index (χ3v) is 5.79. The van der Waals surface area contributed by atoms with Crippen molar-refractivity contribution in [3.8, 4) is 0 Å². The van der Waals surface area contributed by atoms with Gasteiger partial charge in [-0.25, -0.2) is 4.79 Å². The van der Waals surface area contributed by atoms with Crippen LogP contribution in [0.4, 0.5) is 5.69 Å². The van der Waals surface area contributed by atoms with Crippen LogP contribution in [0.5, 0.6) is 0 Å². The van der Waals surface area contributed by atoms with Gasteiger partial charge in [0.25, 0.3) is 0 Å². The second-order valence-electron chi connectivity index (χ2n) is 6.40. The highest BCUT2D eigenvalue weighted by atomic mass is 35.5. The Balaban J connectivity index is 1.60. The molecule has 1 aromatic carbocycles. The van der Waals surface area contributed by atoms with E-state index in [0.717, 1.165) is 24.1 Å². The molecule has 0 aliphatic heterocycles. The van der Waals surface area contributed by atoms with Gasteiger partial charge in [-0.15, -0.1) is 0 Å². The average molecular weight is 364 g/mol. The lowest BCUT2D eigenvalue weighted by molar-refractivity contribution is -0.121. The monoisotopic (exact) mass is 363 g/mol. The maximum absolute atomic E-state index is 12.8. The molecule has 5 nitrogen and oxygen atoms in total. The van der Waals surface area contributed by atoms with Crippen LogP contribution in [0.1, 0.15) is 30.0 Å². The van der Waals surface area contributed by atoms with Crippen molar-refractivity contribution in [2.24, 2.45) is 11.8 Å². The lowest BCUT2D eigenvalue weighted by Gasteiger charge is -2.30. The number of hydrogen-bond acceptors (Lipinski definition) is 3. The molecule has 24 heavy (non-hydrogen) atoms. The van der Waals surface area contributed by atoms with Crippen LogP contribution >= 0.6 is 23.2 Å². The summed E-state index contributed by atoms with van der Waals surface area (Å²) < 4.78 is 0. The van der Waals surface area contributed by atoms with Gasteiger partial charge in [-0.05, 0) is 54.9 Å². The van der Waals surface area contributed by atoms with Gasteiger partial charge >= 0.3 is 5.69 Å². The van der Waals surface area contributed by atoms with Crippen LogP contribution in [0.2, 0.25) is 10.0 Å². The molecule has 1 unspecified atom stereocenters. The van der Waals surface area contributed by atoms with Gasteiger partial charge in [0.2, 0.25) is 5.91 Å². The zero-order valence-electron chi connectivity index (χ0n) is 12.7. The van der Waals surface area contributed by atoms with Crippen molar-refractivity contribution >= 4 is 34.8 Å². The van der Waals surface area contributed by atoms with Gasteiger partial charge < -0.3 is 10.3 Å². The SMILES string of the molecule is O=C(Nc1ccc(Cl)c(Cl)c1)C1[C@H]2CC[C@H]1c1c[nH]c(=O)nc1C2. The smallest absolute Gasteiger partial charge is 0.326 e. The van der Waals surface area contributed by atoms with E-state index < -0.39 is 0 Å². The average Bonchev–Trinajstić information content (AvgIpc) is 2.86. The van der Waals surface area contributed by atoms with Crippen LogP contribution in [0.15, 0.2) is 29.2 Å². The first-order valence-electron chi connectivity index (χ1n) is 7.87. The molecule has 4 rings (SSSR count). The van der Waals surface area contributed by atoms with Crippen LogP contribution in [0, 0.1) is 11.8 Å². The van der Waals surface area contributed by atoms with Crippen LogP contribution in [-0.2, 0) is 11.2 Å². The highest BCUT2D eigenvalue weighted by Crippen LogP contribution is 2.49. The number of rotatable bonds is 2. The third kappa shape index (κ3) is 2.62. The van der Waals surface area contributed by atoms with Gasteiger partial charge in [-0.2, -0.15) is 4.98 Å². The zero-order chi connectivity index (χ0) is 16.8. The summed E-state index contributed by atoms with van der Waals surface area (Å²) in [4.78, 5) is 31.0. The van der Waals surface area contributed by atoms with Gasteiger partial charge in [0.15, 0.2) is 0 Å². The minimum Gasteiger partial charge on any atom is -0.326 e. The molecule has 1 fully saturated rings. The number of carbonyl (C=O) groups is 1. The van der Waals surface area contributed by atoms with Crippen LogP contribution in [0.25, 0.3) is 0 Å². The molecule has 2 aliphatic rings. The lowest BCUT2D eigenvalue weighted by atomic mass is 9.76. The first-order valence-corrected chi connectivity index (χ1v) is 8.63. The fourth-order valence-corrected chi connectivity index (χ4v) is 4.33. The van der Waals surface area contributed by atoms with Crippen molar-refractivity contribution in [2.45, 2.75) is 25.2 Å². The minimum absolute atomic E-state index is 0.0160. The number of H-pyrrole nitrogens is 1. The summed E-state index contributed by atoms with van der Waals surface area (Å²) in [5.41, 5.74) is 2.15. The number of benzene rings is 1. The molecule has 7 heteroatoms. The van der Waals surface area contributed by atoms with E-state index in [0.29, 0.717) is 22.2 Å². The third-order valence-electron chi connectivity index (χ3n) is 5.06. The maximum atomic E-state index is 12.8. The normalized spacial score (nSPS) is 24.5. The van der Waals surface area contributed by atoms with Crippen molar-refractivity contribution in [2.75, 3.05) is 5.32 Å². The van der Waals surface area contributed by atoms with E-state index in [1.165, 1.54) is 0 Å². The Kier molecular flexibility index (Phi) is 3.85. The van der Waals surface area contributed by atoms with Crippen LogP contribution in [-0.4, -0.2) is 15.9 Å². The molecular formula is C17H15Cl2N3O2. The van der Waals surface area contributed by atoms with Gasteiger partial charge in [-0.3, -0.25) is 4.79 Å². The molecule has 3 atom stereocenters. The molecule has 1 heterocycles. The summed E-state index contributed by atoms with van der Waals surface area (Å²) in [6.07, 6.45) is 4.30. The molecule has 2 aromatic rings. The molecule has 1 aromatic heterocycles. The number of amides is 1. The standard InChI is InChI=1S/C17H15Cl2N3O2/c18-12-4-2-9(6-13(12)19)21-16(23)15-8-1-3-10(15)11-7-20-17(24)22-14(11)5-8/h2,4,6-8,10,15H,1,3,5H2,(H,21,23)(H,20,22,24)/t8-,10-,15?/m0/s1. The molecule has 2 bridgehead atoms. The maximum Gasteiger partial charge on any atom is 0.345 e. The predicted octanol–water partition coefficient (Wildman–Crippen LogP) is 3.38. The second-order valence-corrected chi connectivity index (χ2v) is 7.21. The van der Waals surface area contributed by atoms with Crippen molar-refractivity contribution < 1.29 is 4.79 Å². The number of nitrogens with one attached hydrogen (secondary N) is 2. The summed E-state index contributed by atoms with van der Waals surface area (Å²) in [5.74, 6) is 0.197. The Morgan fingerprint density at radius 2 is 2.08 bits per heavy atom. The van der Waals surface area contributed by atoms with Crippen LogP contribution in [0.3, 0.4) is 0 Å². The Morgan fingerprint density at radius 3 is 2.88 bits per heavy atom. The lowest BCUT2D eigenvalue weighted by Crippen LogP contribution is -2.35. The van der Waals surface area contributed by atoms with Gasteiger partial charge in [-0.1, -0.05) is 23.2 Å². The number of fused-ring (bicyclic) bond motifs is 4. The number of hydrogen-bond donors (Lipinski definition) is 2. The molecule has 1 saturated carbocycles. The topological polar surface area (TPSA) is 74.8 Å². The highest BCUT2D eigenvalue weighted by Gasteiger charge is 2.46. The summed E-state index contributed by atoms with van der Waals surface area (Å²) >= 11 is 11.9. The number of nitrogens with zero attached hydrogens (tertiary/aromatic N) is 1. The van der Waals surface area contributed by atoms with Gasteiger partial charge in [0.1, 0.15) is 0 Å². The molecule has 2 N–H and O–H groups in total. The first kappa shape index (κ1) is 15.7. The highest BCUT2D eigenvalue weighted by molar-refractivity contribution is 6.42. The molecule has 0 spiro atoms. The Hall–Kier alpha value is -1.85. The molecule has 0 saturated heterocycles. The first-order chi connectivity index (χ1) is 11.5. The van der Waals surface area contributed by atoms with Crippen LogP contribution < -0.4 is 11.0 Å². The number of aromatic nitrogens is 2. The summed E-state index contributed by atoms with van der Waals surface area (Å²) in [7, 11) is 0. The van der Waals surface area contributed by atoms with Crippen molar-refractivity contribution in [3.05, 3.63) is 56.2 Å². The summed E-state index contributed by atoms with van der Waals surface area (Å²) in [6, 6.07) is 5.06. The predicted molar refractivity (Wildman–Crippen MR) is 92.6 cm³/mol. The quantitative estimate of drug-likeness (QED) is 0.858. The fourth-order valence-electron chi connectivity index (χ4n) is 4.03. The van der Waals surface area contributed by atoms with E-state index in [2.05, 4.69) is 15.3 Å². The second kappa shape index (κ2) is 5.90. The van der Waals surface area contributed by atoms with E-state index in [1.807, 2.05) is 0 Å². The minimum atomic E-state index is -0.327. The summed E-state index contributed by atoms with van der Waals surface area (Å²) in [5, 5.41) is 3.81. The Labute approximate surface area is 148 Å². The zero-order valence-corrected chi connectivity index (χ0v) is 14.2. The van der Waals surface area contributed by atoms with Crippen molar-refractivity contribution in [1.82, 2.24) is 9.97 Å².